The first-order chi connectivity index (χ1) is 9.24. The van der Waals surface area contributed by atoms with Crippen molar-refractivity contribution in [1.82, 2.24) is 15.1 Å². The quantitative estimate of drug-likeness (QED) is 0.837. The van der Waals surface area contributed by atoms with Crippen LogP contribution >= 0.6 is 0 Å². The van der Waals surface area contributed by atoms with Crippen LogP contribution in [-0.4, -0.2) is 60.6 Å². The van der Waals surface area contributed by atoms with E-state index >= 15 is 0 Å². The average Bonchev–Trinajstić information content (AvgIpc) is 2.55. The summed E-state index contributed by atoms with van der Waals surface area (Å²) in [6, 6.07) is 1.37. The van der Waals surface area contributed by atoms with Crippen LogP contribution in [0.4, 0.5) is 0 Å². The molecular weight excluding hydrogens is 246 g/mol. The molecule has 0 radical (unpaired) electrons. The van der Waals surface area contributed by atoms with Crippen molar-refractivity contribution < 1.29 is 0 Å². The topological polar surface area (TPSA) is 18.5 Å². The van der Waals surface area contributed by atoms with E-state index in [1.807, 2.05) is 0 Å². The zero-order valence-corrected chi connectivity index (χ0v) is 14.9. The van der Waals surface area contributed by atoms with E-state index in [0.717, 1.165) is 12.6 Å². The third kappa shape index (κ3) is 5.71. The predicted octanol–water partition coefficient (Wildman–Crippen LogP) is 2.82. The van der Waals surface area contributed by atoms with Gasteiger partial charge >= 0.3 is 0 Å². The Balaban J connectivity index is 2.60. The maximum atomic E-state index is 3.66. The van der Waals surface area contributed by atoms with E-state index in [1.165, 1.54) is 32.5 Å². The Morgan fingerprint density at radius 1 is 1.20 bits per heavy atom. The van der Waals surface area contributed by atoms with Crippen molar-refractivity contribution in [3.63, 3.8) is 0 Å². The van der Waals surface area contributed by atoms with Crippen LogP contribution in [0.25, 0.3) is 0 Å². The Kier molecular flexibility index (Phi) is 6.96. The van der Waals surface area contributed by atoms with Crippen LogP contribution in [0.5, 0.6) is 0 Å². The van der Waals surface area contributed by atoms with Gasteiger partial charge < -0.3 is 10.2 Å². The van der Waals surface area contributed by atoms with Crippen molar-refractivity contribution in [3.8, 4) is 0 Å². The third-order valence-electron chi connectivity index (χ3n) is 4.72. The summed E-state index contributed by atoms with van der Waals surface area (Å²) < 4.78 is 0. The highest BCUT2D eigenvalue weighted by Gasteiger charge is 2.29. The molecule has 20 heavy (non-hydrogen) atoms. The molecule has 3 unspecified atom stereocenters. The minimum Gasteiger partial charge on any atom is -0.312 e. The van der Waals surface area contributed by atoms with Gasteiger partial charge in [0.2, 0.25) is 0 Å². The summed E-state index contributed by atoms with van der Waals surface area (Å²) in [7, 11) is 2.27. The number of rotatable bonds is 5. The molecule has 0 spiro atoms. The van der Waals surface area contributed by atoms with E-state index in [2.05, 4.69) is 63.7 Å². The molecule has 0 bridgehead atoms. The van der Waals surface area contributed by atoms with Crippen LogP contribution in [0.1, 0.15) is 54.4 Å². The largest absolute Gasteiger partial charge is 0.312 e. The zero-order valence-electron chi connectivity index (χ0n) is 14.9. The van der Waals surface area contributed by atoms with Crippen molar-refractivity contribution in [3.05, 3.63) is 0 Å². The maximum absolute atomic E-state index is 3.66. The van der Waals surface area contributed by atoms with Crippen molar-refractivity contribution in [2.24, 2.45) is 5.92 Å². The van der Waals surface area contributed by atoms with Gasteiger partial charge in [0.05, 0.1) is 0 Å². The molecule has 1 aliphatic rings. The molecule has 3 atom stereocenters. The Bertz CT molecular complexity index is 272. The van der Waals surface area contributed by atoms with Crippen LogP contribution < -0.4 is 5.32 Å². The molecule has 1 N–H and O–H groups in total. The molecule has 0 amide bonds. The maximum Gasteiger partial charge on any atom is 0.0223 e. The summed E-state index contributed by atoms with van der Waals surface area (Å²) >= 11 is 0. The Morgan fingerprint density at radius 3 is 2.40 bits per heavy atom. The van der Waals surface area contributed by atoms with Crippen molar-refractivity contribution in [2.75, 3.05) is 33.2 Å². The normalized spacial score (nSPS) is 26.2. The van der Waals surface area contributed by atoms with E-state index in [1.54, 1.807) is 0 Å². The number of nitrogens with zero attached hydrogens (tertiary/aromatic N) is 2. The van der Waals surface area contributed by atoms with Gasteiger partial charge in [0.1, 0.15) is 0 Å². The molecule has 1 heterocycles. The molecular formula is C17H37N3. The number of hydrogen-bond acceptors (Lipinski definition) is 3. The molecule has 1 fully saturated rings. The lowest BCUT2D eigenvalue weighted by molar-refractivity contribution is 0.101. The molecule has 1 rings (SSSR count). The minimum atomic E-state index is 0.219. The standard InChI is InChI=1S/C17H37N3/c1-8-16-13-19(7)10-9-11-20(16)15(3)14(2)12-18-17(4,5)6/h14-16,18H,8-13H2,1-7H3. The van der Waals surface area contributed by atoms with Crippen molar-refractivity contribution in [1.29, 1.82) is 0 Å². The second kappa shape index (κ2) is 7.77. The summed E-state index contributed by atoms with van der Waals surface area (Å²) in [5, 5.41) is 3.66. The molecule has 0 aromatic carbocycles. The van der Waals surface area contributed by atoms with E-state index in [9.17, 15) is 0 Å². The van der Waals surface area contributed by atoms with Gasteiger partial charge in [-0.2, -0.15) is 0 Å². The molecule has 3 heteroatoms. The fraction of sp³-hybridized carbons (Fsp3) is 1.00. The second-order valence-corrected chi connectivity index (χ2v) is 7.76. The lowest BCUT2D eigenvalue weighted by atomic mass is 9.97. The van der Waals surface area contributed by atoms with E-state index in [-0.39, 0.29) is 5.54 Å². The lowest BCUT2D eigenvalue weighted by Crippen LogP contribution is -2.50. The van der Waals surface area contributed by atoms with Crippen molar-refractivity contribution >= 4 is 0 Å². The average molecular weight is 284 g/mol. The van der Waals surface area contributed by atoms with Gasteiger partial charge in [-0.15, -0.1) is 0 Å². The van der Waals surface area contributed by atoms with Gasteiger partial charge in [-0.1, -0.05) is 13.8 Å². The molecule has 0 aromatic heterocycles. The van der Waals surface area contributed by atoms with Crippen molar-refractivity contribution in [2.45, 2.75) is 72.0 Å². The minimum absolute atomic E-state index is 0.219. The predicted molar refractivity (Wildman–Crippen MR) is 89.3 cm³/mol. The van der Waals surface area contributed by atoms with Gasteiger partial charge in [0.15, 0.2) is 0 Å². The molecule has 1 saturated heterocycles. The first-order valence-electron chi connectivity index (χ1n) is 8.44. The van der Waals surface area contributed by atoms with Crippen LogP contribution in [0.2, 0.25) is 0 Å². The number of hydrogen-bond donors (Lipinski definition) is 1. The Labute approximate surface area is 127 Å². The highest BCUT2D eigenvalue weighted by Crippen LogP contribution is 2.20. The van der Waals surface area contributed by atoms with Gasteiger partial charge in [-0.05, 0) is 73.1 Å². The van der Waals surface area contributed by atoms with Crippen LogP contribution in [0.3, 0.4) is 0 Å². The number of likely N-dealkylation sites (N-methyl/N-ethyl adjacent to an activating group) is 1. The van der Waals surface area contributed by atoms with Crippen LogP contribution in [-0.2, 0) is 0 Å². The first kappa shape index (κ1) is 17.9. The SMILES string of the molecule is CCC1CN(C)CCCN1C(C)C(C)CNC(C)(C)C. The molecule has 0 saturated carbocycles. The van der Waals surface area contributed by atoms with Gasteiger partial charge in [-0.25, -0.2) is 0 Å². The second-order valence-electron chi connectivity index (χ2n) is 7.76. The molecule has 120 valence electrons. The van der Waals surface area contributed by atoms with E-state index < -0.39 is 0 Å². The highest BCUT2D eigenvalue weighted by molar-refractivity contribution is 4.85. The molecule has 0 aliphatic carbocycles. The van der Waals surface area contributed by atoms with Crippen LogP contribution in [0.15, 0.2) is 0 Å². The van der Waals surface area contributed by atoms with E-state index in [4.69, 9.17) is 0 Å². The Morgan fingerprint density at radius 2 is 1.85 bits per heavy atom. The summed E-state index contributed by atoms with van der Waals surface area (Å²) in [6.07, 6.45) is 2.56. The fourth-order valence-electron chi connectivity index (χ4n) is 3.13. The summed E-state index contributed by atoms with van der Waals surface area (Å²) in [4.78, 5) is 5.26. The smallest absolute Gasteiger partial charge is 0.0223 e. The van der Waals surface area contributed by atoms with Gasteiger partial charge in [0.25, 0.3) is 0 Å². The monoisotopic (exact) mass is 283 g/mol. The van der Waals surface area contributed by atoms with Gasteiger partial charge in [0, 0.05) is 24.2 Å². The fourth-order valence-corrected chi connectivity index (χ4v) is 3.13. The molecule has 1 aliphatic heterocycles. The summed E-state index contributed by atoms with van der Waals surface area (Å²) in [5.41, 5.74) is 0.219. The van der Waals surface area contributed by atoms with E-state index in [0.29, 0.717) is 12.0 Å². The lowest BCUT2D eigenvalue weighted by Gasteiger charge is -2.39. The summed E-state index contributed by atoms with van der Waals surface area (Å²) in [6.45, 7) is 18.7. The molecule has 3 nitrogen and oxygen atoms in total. The first-order valence-corrected chi connectivity index (χ1v) is 8.44. The Hall–Kier alpha value is -0.120. The van der Waals surface area contributed by atoms with Crippen LogP contribution in [0, 0.1) is 5.92 Å². The zero-order chi connectivity index (χ0) is 15.3. The van der Waals surface area contributed by atoms with Gasteiger partial charge in [-0.3, -0.25) is 4.90 Å². The highest BCUT2D eigenvalue weighted by atomic mass is 15.3. The third-order valence-corrected chi connectivity index (χ3v) is 4.72. The number of nitrogens with one attached hydrogen (secondary N) is 1. The molecule has 0 aromatic rings. The summed E-state index contributed by atoms with van der Waals surface area (Å²) in [5.74, 6) is 0.687.